The lowest BCUT2D eigenvalue weighted by Crippen LogP contribution is -2.17. The number of pyridine rings is 1. The van der Waals surface area contributed by atoms with E-state index in [0.29, 0.717) is 5.56 Å². The third-order valence-electron chi connectivity index (χ3n) is 2.44. The zero-order valence-corrected chi connectivity index (χ0v) is 11.3. The Labute approximate surface area is 123 Å². The predicted molar refractivity (Wildman–Crippen MR) is 70.3 cm³/mol. The summed E-state index contributed by atoms with van der Waals surface area (Å²) in [6.45, 7) is 0.151. The number of benzene rings is 1. The van der Waals surface area contributed by atoms with Crippen molar-refractivity contribution in [3.05, 3.63) is 47.1 Å². The van der Waals surface area contributed by atoms with Gasteiger partial charge >= 0.3 is 6.36 Å². The average molecular weight is 319 g/mol. The van der Waals surface area contributed by atoms with Crippen molar-refractivity contribution in [2.75, 3.05) is 0 Å². The van der Waals surface area contributed by atoms with Gasteiger partial charge in [0.25, 0.3) is 0 Å². The van der Waals surface area contributed by atoms with Gasteiger partial charge in [0.1, 0.15) is 5.02 Å². The van der Waals surface area contributed by atoms with Crippen molar-refractivity contribution in [3.8, 4) is 17.4 Å². The fraction of sp³-hybridized carbons (Fsp3) is 0.154. The maximum Gasteiger partial charge on any atom is 0.573 e. The highest BCUT2D eigenvalue weighted by atomic mass is 35.5. The Balaban J connectivity index is 2.32. The van der Waals surface area contributed by atoms with Crippen LogP contribution in [0.25, 0.3) is 0 Å². The predicted octanol–water partition coefficient (Wildman–Crippen LogP) is 3.88. The van der Waals surface area contributed by atoms with Crippen molar-refractivity contribution in [1.82, 2.24) is 4.98 Å². The van der Waals surface area contributed by atoms with Crippen molar-refractivity contribution in [3.63, 3.8) is 0 Å². The molecule has 0 aliphatic rings. The highest BCUT2D eigenvalue weighted by Crippen LogP contribution is 2.37. The van der Waals surface area contributed by atoms with Crippen LogP contribution in [0.4, 0.5) is 13.2 Å². The number of rotatable bonds is 4. The summed E-state index contributed by atoms with van der Waals surface area (Å²) in [5.41, 5.74) is 6.05. The molecule has 0 fully saturated rings. The van der Waals surface area contributed by atoms with Gasteiger partial charge in [-0.25, -0.2) is 4.98 Å². The van der Waals surface area contributed by atoms with E-state index in [-0.39, 0.29) is 23.2 Å². The van der Waals surface area contributed by atoms with E-state index < -0.39 is 12.1 Å². The monoisotopic (exact) mass is 318 g/mol. The SMILES string of the molecule is NCc1ccnc(Oc2ccccc2OC(F)(F)F)c1Cl. The van der Waals surface area contributed by atoms with Crippen molar-refractivity contribution >= 4 is 11.6 Å². The first kappa shape index (κ1) is 15.4. The summed E-state index contributed by atoms with van der Waals surface area (Å²) in [6.07, 6.45) is -3.42. The molecule has 2 N–H and O–H groups in total. The summed E-state index contributed by atoms with van der Waals surface area (Å²) in [6, 6.07) is 6.92. The molecular weight excluding hydrogens is 309 g/mol. The fourth-order valence-electron chi connectivity index (χ4n) is 1.54. The fourth-order valence-corrected chi connectivity index (χ4v) is 1.77. The van der Waals surface area contributed by atoms with Crippen LogP contribution in [0.1, 0.15) is 5.56 Å². The molecule has 8 heteroatoms. The van der Waals surface area contributed by atoms with Crippen LogP contribution in [0.3, 0.4) is 0 Å². The Morgan fingerprint density at radius 1 is 1.14 bits per heavy atom. The number of nitrogens with two attached hydrogens (primary N) is 1. The zero-order chi connectivity index (χ0) is 15.5. The van der Waals surface area contributed by atoms with Gasteiger partial charge < -0.3 is 15.2 Å². The quantitative estimate of drug-likeness (QED) is 0.929. The standard InChI is InChI=1S/C13H10ClF3N2O2/c14-11-8(7-18)5-6-19-12(11)20-9-3-1-2-4-10(9)21-13(15,16)17/h1-6H,7,18H2. The van der Waals surface area contributed by atoms with Crippen LogP contribution in [0.2, 0.25) is 5.02 Å². The first-order chi connectivity index (χ1) is 9.90. The Morgan fingerprint density at radius 3 is 2.43 bits per heavy atom. The molecule has 0 atom stereocenters. The molecule has 4 nitrogen and oxygen atoms in total. The highest BCUT2D eigenvalue weighted by molar-refractivity contribution is 6.32. The third kappa shape index (κ3) is 3.99. The summed E-state index contributed by atoms with van der Waals surface area (Å²) < 4.78 is 46.2. The molecule has 0 radical (unpaired) electrons. The molecule has 0 spiro atoms. The molecule has 0 aliphatic heterocycles. The van der Waals surface area contributed by atoms with Gasteiger partial charge in [0.2, 0.25) is 5.88 Å². The first-order valence-electron chi connectivity index (χ1n) is 5.77. The normalized spacial score (nSPS) is 11.3. The van der Waals surface area contributed by atoms with Crippen LogP contribution in [0, 0.1) is 0 Å². The number of alkyl halides is 3. The second-order valence-electron chi connectivity index (χ2n) is 3.89. The number of hydrogen-bond donors (Lipinski definition) is 1. The van der Waals surface area contributed by atoms with Gasteiger partial charge in [0, 0.05) is 12.7 Å². The lowest BCUT2D eigenvalue weighted by atomic mass is 10.2. The largest absolute Gasteiger partial charge is 0.573 e. The van der Waals surface area contributed by atoms with E-state index in [1.165, 1.54) is 24.4 Å². The van der Waals surface area contributed by atoms with Crippen molar-refractivity contribution in [2.24, 2.45) is 5.73 Å². The lowest BCUT2D eigenvalue weighted by molar-refractivity contribution is -0.275. The van der Waals surface area contributed by atoms with Gasteiger partial charge in [0.05, 0.1) is 0 Å². The Kier molecular flexibility index (Phi) is 4.54. The number of ether oxygens (including phenoxy) is 2. The van der Waals surface area contributed by atoms with Crippen molar-refractivity contribution < 1.29 is 22.6 Å². The minimum Gasteiger partial charge on any atom is -0.434 e. The molecule has 0 unspecified atom stereocenters. The average Bonchev–Trinajstić information content (AvgIpc) is 2.41. The topological polar surface area (TPSA) is 57.4 Å². The Morgan fingerprint density at radius 2 is 1.81 bits per heavy atom. The minimum atomic E-state index is -4.82. The van der Waals surface area contributed by atoms with E-state index in [1.54, 1.807) is 6.07 Å². The second kappa shape index (κ2) is 6.19. The third-order valence-corrected chi connectivity index (χ3v) is 2.84. The minimum absolute atomic E-state index is 0.0437. The highest BCUT2D eigenvalue weighted by Gasteiger charge is 2.32. The molecule has 0 bridgehead atoms. The summed E-state index contributed by atoms with van der Waals surface area (Å²) in [5, 5.41) is 0.141. The lowest BCUT2D eigenvalue weighted by Gasteiger charge is -2.14. The maximum absolute atomic E-state index is 12.3. The van der Waals surface area contributed by atoms with Crippen LogP contribution < -0.4 is 15.2 Å². The molecule has 0 aliphatic carbocycles. The Hall–Kier alpha value is -1.99. The molecule has 0 saturated heterocycles. The van der Waals surface area contributed by atoms with E-state index >= 15 is 0 Å². The molecule has 2 rings (SSSR count). The van der Waals surface area contributed by atoms with Gasteiger partial charge in [-0.1, -0.05) is 23.7 Å². The number of halogens is 4. The second-order valence-corrected chi connectivity index (χ2v) is 4.27. The van der Waals surface area contributed by atoms with E-state index in [9.17, 15) is 13.2 Å². The number of aromatic nitrogens is 1. The van der Waals surface area contributed by atoms with Crippen molar-refractivity contribution in [1.29, 1.82) is 0 Å². The van der Waals surface area contributed by atoms with E-state index in [1.807, 2.05) is 0 Å². The maximum atomic E-state index is 12.3. The van der Waals surface area contributed by atoms with Gasteiger partial charge in [-0.05, 0) is 23.8 Å². The molecule has 1 aromatic carbocycles. The molecule has 0 amide bonds. The summed E-state index contributed by atoms with van der Waals surface area (Å²) in [4.78, 5) is 3.87. The van der Waals surface area contributed by atoms with Gasteiger partial charge in [-0.15, -0.1) is 13.2 Å². The summed E-state index contributed by atoms with van der Waals surface area (Å²) in [5.74, 6) is -0.683. The molecule has 2 aromatic rings. The van der Waals surface area contributed by atoms with Crippen LogP contribution in [-0.2, 0) is 6.54 Å². The van der Waals surface area contributed by atoms with Crippen molar-refractivity contribution in [2.45, 2.75) is 12.9 Å². The number of para-hydroxylation sites is 2. The number of nitrogens with zero attached hydrogens (tertiary/aromatic N) is 1. The zero-order valence-electron chi connectivity index (χ0n) is 10.5. The Bertz CT molecular complexity index is 635. The van der Waals surface area contributed by atoms with Gasteiger partial charge in [-0.3, -0.25) is 0 Å². The van der Waals surface area contributed by atoms with Crippen LogP contribution >= 0.6 is 11.6 Å². The van der Waals surface area contributed by atoms with Gasteiger partial charge in [0.15, 0.2) is 11.5 Å². The van der Waals surface area contributed by atoms with Crippen LogP contribution in [-0.4, -0.2) is 11.3 Å². The van der Waals surface area contributed by atoms with Crippen LogP contribution in [0.5, 0.6) is 17.4 Å². The summed E-state index contributed by atoms with van der Waals surface area (Å²) in [7, 11) is 0. The molecule has 21 heavy (non-hydrogen) atoms. The first-order valence-corrected chi connectivity index (χ1v) is 6.14. The van der Waals surface area contributed by atoms with Crippen LogP contribution in [0.15, 0.2) is 36.5 Å². The molecule has 1 heterocycles. The molecule has 0 saturated carbocycles. The van der Waals surface area contributed by atoms with E-state index in [2.05, 4.69) is 9.72 Å². The smallest absolute Gasteiger partial charge is 0.434 e. The van der Waals surface area contributed by atoms with E-state index in [4.69, 9.17) is 22.1 Å². The number of hydrogen-bond acceptors (Lipinski definition) is 4. The molecule has 112 valence electrons. The van der Waals surface area contributed by atoms with E-state index in [0.717, 1.165) is 6.07 Å². The van der Waals surface area contributed by atoms with Gasteiger partial charge in [-0.2, -0.15) is 0 Å². The molecule has 1 aromatic heterocycles. The summed E-state index contributed by atoms with van der Waals surface area (Å²) >= 11 is 6.01. The molecular formula is C13H10ClF3N2O2.